The zero-order valence-corrected chi connectivity index (χ0v) is 11.8. The largest absolute Gasteiger partial charge is 0.411 e. The highest BCUT2D eigenvalue weighted by molar-refractivity contribution is 7.92. The van der Waals surface area contributed by atoms with Crippen LogP contribution in [-0.2, 0) is 17.1 Å². The summed E-state index contributed by atoms with van der Waals surface area (Å²) < 4.78 is 28.1. The predicted molar refractivity (Wildman–Crippen MR) is 74.5 cm³/mol. The molecule has 0 spiro atoms. The van der Waals surface area contributed by atoms with Crippen molar-refractivity contribution >= 4 is 21.4 Å². The zero-order valence-electron chi connectivity index (χ0n) is 11.0. The number of nitrogens with one attached hydrogen (secondary N) is 1. The van der Waals surface area contributed by atoms with Gasteiger partial charge in [0.05, 0.1) is 11.9 Å². The number of benzene rings is 1. The molecule has 2 aromatic rings. The van der Waals surface area contributed by atoms with E-state index in [4.69, 9.17) is 5.21 Å². The molecule has 0 atom stereocenters. The van der Waals surface area contributed by atoms with Gasteiger partial charge in [0.25, 0.3) is 10.0 Å². The molecule has 1 aromatic heterocycles. The van der Waals surface area contributed by atoms with Gasteiger partial charge in [-0.3, -0.25) is 9.40 Å². The maximum Gasteiger partial charge on any atom is 0.279 e. The number of rotatable bonds is 4. The van der Waals surface area contributed by atoms with Crippen molar-refractivity contribution < 1.29 is 13.6 Å². The highest BCUT2D eigenvalue weighted by Crippen LogP contribution is 2.17. The molecule has 0 fully saturated rings. The van der Waals surface area contributed by atoms with Crippen LogP contribution in [0.4, 0.5) is 5.69 Å². The fourth-order valence-electron chi connectivity index (χ4n) is 1.70. The van der Waals surface area contributed by atoms with Gasteiger partial charge in [0.15, 0.2) is 5.03 Å². The molecule has 1 aromatic carbocycles. The standard InChI is InChI=1S/C12H14N4O3S/c1-9(14-17)10-4-3-5-11(8-10)15-20(18,19)12-6-7-13-16(12)2/h3-8,15,17H,1-2H3/b14-9-. The van der Waals surface area contributed by atoms with Gasteiger partial charge in [-0.15, -0.1) is 0 Å². The molecule has 0 radical (unpaired) electrons. The first-order chi connectivity index (χ1) is 9.44. The summed E-state index contributed by atoms with van der Waals surface area (Å²) in [5, 5.41) is 15.7. The van der Waals surface area contributed by atoms with Crippen LogP contribution in [0.25, 0.3) is 0 Å². The van der Waals surface area contributed by atoms with E-state index in [9.17, 15) is 8.42 Å². The van der Waals surface area contributed by atoms with E-state index in [0.717, 1.165) is 0 Å². The van der Waals surface area contributed by atoms with Gasteiger partial charge in [-0.2, -0.15) is 13.5 Å². The Morgan fingerprint density at radius 1 is 1.40 bits per heavy atom. The van der Waals surface area contributed by atoms with Crippen molar-refractivity contribution in [3.8, 4) is 0 Å². The van der Waals surface area contributed by atoms with Crippen LogP contribution in [0, 0.1) is 0 Å². The third kappa shape index (κ3) is 2.80. The van der Waals surface area contributed by atoms with Crippen molar-refractivity contribution in [1.82, 2.24) is 9.78 Å². The summed E-state index contributed by atoms with van der Waals surface area (Å²) in [5.41, 5.74) is 1.40. The second-order valence-corrected chi connectivity index (χ2v) is 5.79. The van der Waals surface area contributed by atoms with Crippen LogP contribution in [0.2, 0.25) is 0 Å². The first kappa shape index (κ1) is 14.1. The van der Waals surface area contributed by atoms with Crippen LogP contribution in [0.1, 0.15) is 12.5 Å². The van der Waals surface area contributed by atoms with Crippen LogP contribution < -0.4 is 4.72 Å². The molecule has 0 saturated heterocycles. The summed E-state index contributed by atoms with van der Waals surface area (Å²) in [6.45, 7) is 1.62. The smallest absolute Gasteiger partial charge is 0.279 e. The topological polar surface area (TPSA) is 96.6 Å². The number of aromatic nitrogens is 2. The van der Waals surface area contributed by atoms with Crippen molar-refractivity contribution in [2.24, 2.45) is 12.2 Å². The van der Waals surface area contributed by atoms with Crippen LogP contribution in [0.3, 0.4) is 0 Å². The number of aryl methyl sites for hydroxylation is 1. The molecule has 7 nitrogen and oxygen atoms in total. The zero-order chi connectivity index (χ0) is 14.8. The average Bonchev–Trinajstić information content (AvgIpc) is 2.85. The maximum absolute atomic E-state index is 12.2. The normalized spacial score (nSPS) is 12.4. The summed E-state index contributed by atoms with van der Waals surface area (Å²) in [6, 6.07) is 8.00. The lowest BCUT2D eigenvalue weighted by molar-refractivity contribution is 0.319. The first-order valence-electron chi connectivity index (χ1n) is 5.74. The fourth-order valence-corrected chi connectivity index (χ4v) is 2.88. The summed E-state index contributed by atoms with van der Waals surface area (Å²) in [7, 11) is -2.15. The molecule has 0 saturated carbocycles. The van der Waals surface area contributed by atoms with Gasteiger partial charge >= 0.3 is 0 Å². The van der Waals surface area contributed by atoms with Crippen LogP contribution in [0.5, 0.6) is 0 Å². The van der Waals surface area contributed by atoms with Crippen molar-refractivity contribution in [2.45, 2.75) is 11.9 Å². The molecule has 0 aliphatic rings. The Kier molecular flexibility index (Phi) is 3.75. The minimum atomic E-state index is -3.70. The molecule has 1 heterocycles. The van der Waals surface area contributed by atoms with Crippen LogP contribution in [-0.4, -0.2) is 29.1 Å². The minimum absolute atomic E-state index is 0.0652. The predicted octanol–water partition coefficient (Wildman–Crippen LogP) is 1.42. The molecule has 0 aliphatic heterocycles. The van der Waals surface area contributed by atoms with Gasteiger partial charge in [0.2, 0.25) is 0 Å². The van der Waals surface area contributed by atoms with Crippen LogP contribution >= 0.6 is 0 Å². The molecule has 106 valence electrons. The van der Waals surface area contributed by atoms with Gasteiger partial charge in [0.1, 0.15) is 0 Å². The Balaban J connectivity index is 2.33. The molecular weight excluding hydrogens is 280 g/mol. The Hall–Kier alpha value is -2.35. The minimum Gasteiger partial charge on any atom is -0.411 e. The van der Waals surface area contributed by atoms with Gasteiger partial charge < -0.3 is 5.21 Å². The Morgan fingerprint density at radius 3 is 2.75 bits per heavy atom. The van der Waals surface area contributed by atoms with E-state index in [0.29, 0.717) is 17.0 Å². The van der Waals surface area contributed by atoms with Crippen molar-refractivity contribution in [1.29, 1.82) is 0 Å². The molecule has 8 heteroatoms. The number of hydrogen-bond donors (Lipinski definition) is 2. The molecule has 20 heavy (non-hydrogen) atoms. The lowest BCUT2D eigenvalue weighted by Gasteiger charge is -2.09. The number of oxime groups is 1. The second kappa shape index (κ2) is 5.33. The summed E-state index contributed by atoms with van der Waals surface area (Å²) in [5.74, 6) is 0. The van der Waals surface area contributed by atoms with E-state index < -0.39 is 10.0 Å². The molecule has 0 bridgehead atoms. The van der Waals surface area contributed by atoms with Gasteiger partial charge in [0, 0.05) is 18.3 Å². The highest BCUT2D eigenvalue weighted by atomic mass is 32.2. The van der Waals surface area contributed by atoms with Crippen molar-refractivity contribution in [2.75, 3.05) is 4.72 Å². The monoisotopic (exact) mass is 294 g/mol. The number of hydrogen-bond acceptors (Lipinski definition) is 5. The molecule has 0 unspecified atom stereocenters. The third-order valence-electron chi connectivity index (χ3n) is 2.73. The molecule has 0 aliphatic carbocycles. The van der Waals surface area contributed by atoms with E-state index in [1.807, 2.05) is 0 Å². The van der Waals surface area contributed by atoms with Crippen LogP contribution in [0.15, 0.2) is 46.7 Å². The molecule has 0 amide bonds. The molecular formula is C12H14N4O3S. The fraction of sp³-hybridized carbons (Fsp3) is 0.167. The van der Waals surface area contributed by atoms with Crippen molar-refractivity contribution in [3.63, 3.8) is 0 Å². The Morgan fingerprint density at radius 2 is 2.15 bits per heavy atom. The van der Waals surface area contributed by atoms with E-state index in [-0.39, 0.29) is 5.03 Å². The van der Waals surface area contributed by atoms with Gasteiger partial charge in [-0.25, -0.2) is 0 Å². The quantitative estimate of drug-likeness (QED) is 0.506. The van der Waals surface area contributed by atoms with Crippen molar-refractivity contribution in [3.05, 3.63) is 42.1 Å². The molecule has 2 rings (SSSR count). The second-order valence-electron chi connectivity index (χ2n) is 4.16. The summed E-state index contributed by atoms with van der Waals surface area (Å²) in [4.78, 5) is 0. The summed E-state index contributed by atoms with van der Waals surface area (Å²) in [6.07, 6.45) is 1.41. The molecule has 2 N–H and O–H groups in total. The third-order valence-corrected chi connectivity index (χ3v) is 4.19. The summed E-state index contributed by atoms with van der Waals surface area (Å²) >= 11 is 0. The van der Waals surface area contributed by atoms with E-state index in [1.54, 1.807) is 38.2 Å². The van der Waals surface area contributed by atoms with E-state index in [1.165, 1.54) is 16.9 Å². The Labute approximate surface area is 116 Å². The Bertz CT molecular complexity index is 750. The lowest BCUT2D eigenvalue weighted by Crippen LogP contribution is -2.16. The van der Waals surface area contributed by atoms with Gasteiger partial charge in [-0.1, -0.05) is 17.3 Å². The highest BCUT2D eigenvalue weighted by Gasteiger charge is 2.18. The lowest BCUT2D eigenvalue weighted by atomic mass is 10.1. The van der Waals surface area contributed by atoms with E-state index >= 15 is 0 Å². The number of anilines is 1. The van der Waals surface area contributed by atoms with Gasteiger partial charge in [-0.05, 0) is 25.1 Å². The number of nitrogens with zero attached hydrogens (tertiary/aromatic N) is 3. The average molecular weight is 294 g/mol. The number of sulfonamides is 1. The first-order valence-corrected chi connectivity index (χ1v) is 7.22. The van der Waals surface area contributed by atoms with E-state index in [2.05, 4.69) is 15.0 Å². The SMILES string of the molecule is C/C(=N/O)c1cccc(NS(=O)(=O)c2ccnn2C)c1. The maximum atomic E-state index is 12.2.